The molecule has 1 aromatic carbocycles. The topological polar surface area (TPSA) is 25.2 Å². The molecule has 18 heavy (non-hydrogen) atoms. The third-order valence-corrected chi connectivity index (χ3v) is 3.19. The van der Waals surface area contributed by atoms with E-state index in [1.54, 1.807) is 0 Å². The van der Waals surface area contributed by atoms with Gasteiger partial charge in [0.05, 0.1) is 6.04 Å². The molecule has 2 heteroatoms. The van der Waals surface area contributed by atoms with Crippen LogP contribution in [-0.2, 0) is 0 Å². The summed E-state index contributed by atoms with van der Waals surface area (Å²) < 4.78 is 5.98. The molecule has 0 aliphatic rings. The summed E-state index contributed by atoms with van der Waals surface area (Å²) in [5, 5.41) is 4.72. The number of benzene rings is 1. The highest BCUT2D eigenvalue weighted by Crippen LogP contribution is 2.28. The Bertz CT molecular complexity index is 513. The van der Waals surface area contributed by atoms with E-state index in [4.69, 9.17) is 4.42 Å². The summed E-state index contributed by atoms with van der Waals surface area (Å²) >= 11 is 0. The lowest BCUT2D eigenvalue weighted by Crippen LogP contribution is -2.21. The number of nitrogens with one attached hydrogen (secondary N) is 1. The fraction of sp³-hybridized carbons (Fsp3) is 0.500. The molecule has 0 saturated carbocycles. The Labute approximate surface area is 109 Å². The number of furan rings is 1. The molecule has 1 aromatic heterocycles. The molecule has 0 saturated heterocycles. The largest absolute Gasteiger partial charge is 0.459 e. The van der Waals surface area contributed by atoms with E-state index < -0.39 is 0 Å². The van der Waals surface area contributed by atoms with Crippen molar-refractivity contribution in [2.75, 3.05) is 6.54 Å². The van der Waals surface area contributed by atoms with Crippen LogP contribution in [0, 0.1) is 12.8 Å². The van der Waals surface area contributed by atoms with Gasteiger partial charge in [-0.3, -0.25) is 0 Å². The van der Waals surface area contributed by atoms with E-state index in [0.717, 1.165) is 24.3 Å². The van der Waals surface area contributed by atoms with Crippen LogP contribution in [0.3, 0.4) is 0 Å². The fourth-order valence-electron chi connectivity index (χ4n) is 2.37. The molecule has 1 heterocycles. The molecule has 0 aliphatic carbocycles. The second-order valence-electron chi connectivity index (χ2n) is 5.43. The quantitative estimate of drug-likeness (QED) is 0.842. The van der Waals surface area contributed by atoms with Gasteiger partial charge in [-0.15, -0.1) is 0 Å². The second-order valence-corrected chi connectivity index (χ2v) is 5.43. The molecule has 0 radical (unpaired) electrons. The van der Waals surface area contributed by atoms with Gasteiger partial charge in [0.1, 0.15) is 11.3 Å². The minimum atomic E-state index is 0.322. The number of hydrogen-bond donors (Lipinski definition) is 1. The molecule has 0 spiro atoms. The normalized spacial score (nSPS) is 13.4. The summed E-state index contributed by atoms with van der Waals surface area (Å²) in [5.41, 5.74) is 2.26. The average Bonchev–Trinajstić information content (AvgIpc) is 2.70. The van der Waals surface area contributed by atoms with Crippen LogP contribution in [-0.4, -0.2) is 6.54 Å². The summed E-state index contributed by atoms with van der Waals surface area (Å²) in [6, 6.07) is 8.84. The zero-order valence-electron chi connectivity index (χ0n) is 11.8. The van der Waals surface area contributed by atoms with Crippen LogP contribution in [0.1, 0.15) is 44.6 Å². The van der Waals surface area contributed by atoms with Gasteiger partial charge in [-0.1, -0.05) is 32.4 Å². The van der Waals surface area contributed by atoms with Crippen LogP contribution in [0.5, 0.6) is 0 Å². The number of aryl methyl sites for hydroxylation is 1. The van der Waals surface area contributed by atoms with Crippen LogP contribution in [0.4, 0.5) is 0 Å². The van der Waals surface area contributed by atoms with Gasteiger partial charge in [-0.25, -0.2) is 0 Å². The zero-order valence-corrected chi connectivity index (χ0v) is 11.8. The van der Waals surface area contributed by atoms with Gasteiger partial charge < -0.3 is 9.73 Å². The lowest BCUT2D eigenvalue weighted by molar-refractivity contribution is 0.377. The molecule has 1 N–H and O–H groups in total. The van der Waals surface area contributed by atoms with Crippen LogP contribution in [0.2, 0.25) is 0 Å². The Morgan fingerprint density at radius 1 is 1.22 bits per heavy atom. The smallest absolute Gasteiger partial charge is 0.134 e. The van der Waals surface area contributed by atoms with Gasteiger partial charge in [0.2, 0.25) is 0 Å². The molecule has 0 fully saturated rings. The van der Waals surface area contributed by atoms with Crippen molar-refractivity contribution in [3.8, 4) is 0 Å². The van der Waals surface area contributed by atoms with Crippen molar-refractivity contribution in [1.82, 2.24) is 5.32 Å². The van der Waals surface area contributed by atoms with Crippen molar-refractivity contribution in [3.63, 3.8) is 0 Å². The molecule has 0 aliphatic heterocycles. The molecule has 98 valence electrons. The first-order valence-corrected chi connectivity index (χ1v) is 6.83. The van der Waals surface area contributed by atoms with Gasteiger partial charge >= 0.3 is 0 Å². The predicted octanol–water partition coefficient (Wildman–Crippen LogP) is 4.44. The Kier molecular flexibility index (Phi) is 4.07. The Hall–Kier alpha value is -1.28. The molecule has 2 nitrogen and oxygen atoms in total. The third-order valence-electron chi connectivity index (χ3n) is 3.19. The van der Waals surface area contributed by atoms with Gasteiger partial charge in [0.15, 0.2) is 0 Å². The van der Waals surface area contributed by atoms with Crippen molar-refractivity contribution < 1.29 is 4.42 Å². The Morgan fingerprint density at radius 3 is 2.67 bits per heavy atom. The van der Waals surface area contributed by atoms with Gasteiger partial charge in [0, 0.05) is 5.39 Å². The molecule has 2 rings (SSSR count). The molecule has 0 bridgehead atoms. The van der Waals surface area contributed by atoms with Gasteiger partial charge in [-0.2, -0.15) is 0 Å². The minimum Gasteiger partial charge on any atom is -0.459 e. The Balaban J connectivity index is 2.31. The first-order valence-electron chi connectivity index (χ1n) is 6.83. The fourth-order valence-corrected chi connectivity index (χ4v) is 2.37. The standard InChI is InChI=1S/C16H23NO/c1-5-17-14(8-11(2)3)16-10-13-9-12(4)6-7-15(13)18-16/h6-7,9-11,14,17H,5,8H2,1-4H3. The SMILES string of the molecule is CCNC(CC(C)C)c1cc2cc(C)ccc2o1. The zero-order chi connectivity index (χ0) is 13.1. The van der Waals surface area contributed by atoms with E-state index in [1.165, 1.54) is 10.9 Å². The summed E-state index contributed by atoms with van der Waals surface area (Å²) in [7, 11) is 0. The van der Waals surface area contributed by atoms with E-state index in [0.29, 0.717) is 12.0 Å². The second kappa shape index (κ2) is 5.57. The Morgan fingerprint density at radius 2 is 2.00 bits per heavy atom. The first kappa shape index (κ1) is 13.2. The number of rotatable bonds is 5. The maximum atomic E-state index is 5.98. The van der Waals surface area contributed by atoms with Gasteiger partial charge in [-0.05, 0) is 44.0 Å². The molecule has 1 unspecified atom stereocenters. The van der Waals surface area contributed by atoms with E-state index >= 15 is 0 Å². The van der Waals surface area contributed by atoms with E-state index in [-0.39, 0.29) is 0 Å². The molecule has 2 aromatic rings. The minimum absolute atomic E-state index is 0.322. The van der Waals surface area contributed by atoms with E-state index in [2.05, 4.69) is 57.3 Å². The molecule has 1 atom stereocenters. The average molecular weight is 245 g/mol. The highest BCUT2D eigenvalue weighted by Gasteiger charge is 2.16. The van der Waals surface area contributed by atoms with E-state index in [1.807, 2.05) is 0 Å². The van der Waals surface area contributed by atoms with Gasteiger partial charge in [0.25, 0.3) is 0 Å². The highest BCUT2D eigenvalue weighted by atomic mass is 16.3. The van der Waals surface area contributed by atoms with Crippen molar-refractivity contribution >= 4 is 11.0 Å². The summed E-state index contributed by atoms with van der Waals surface area (Å²) in [6.45, 7) is 9.71. The van der Waals surface area contributed by atoms with Crippen molar-refractivity contribution in [2.45, 2.75) is 40.2 Å². The maximum absolute atomic E-state index is 5.98. The van der Waals surface area contributed by atoms with Crippen LogP contribution >= 0.6 is 0 Å². The van der Waals surface area contributed by atoms with Crippen LogP contribution in [0.15, 0.2) is 28.7 Å². The first-order chi connectivity index (χ1) is 8.60. The molecular formula is C16H23NO. The van der Waals surface area contributed by atoms with Crippen molar-refractivity contribution in [1.29, 1.82) is 0 Å². The van der Waals surface area contributed by atoms with Crippen LogP contribution < -0.4 is 5.32 Å². The molecule has 0 amide bonds. The van der Waals surface area contributed by atoms with E-state index in [9.17, 15) is 0 Å². The maximum Gasteiger partial charge on any atom is 0.134 e. The summed E-state index contributed by atoms with van der Waals surface area (Å²) in [6.07, 6.45) is 1.10. The lowest BCUT2D eigenvalue weighted by atomic mass is 10.0. The van der Waals surface area contributed by atoms with Crippen molar-refractivity contribution in [2.24, 2.45) is 5.92 Å². The monoisotopic (exact) mass is 245 g/mol. The predicted molar refractivity (Wildman–Crippen MR) is 76.8 cm³/mol. The number of hydrogen-bond acceptors (Lipinski definition) is 2. The van der Waals surface area contributed by atoms with Crippen molar-refractivity contribution in [3.05, 3.63) is 35.6 Å². The van der Waals surface area contributed by atoms with Crippen LogP contribution in [0.25, 0.3) is 11.0 Å². The summed E-state index contributed by atoms with van der Waals surface area (Å²) in [4.78, 5) is 0. The third kappa shape index (κ3) is 2.94. The lowest BCUT2D eigenvalue weighted by Gasteiger charge is -2.17. The summed E-state index contributed by atoms with van der Waals surface area (Å²) in [5.74, 6) is 1.72. The number of fused-ring (bicyclic) bond motifs is 1. The molecular weight excluding hydrogens is 222 g/mol. The highest BCUT2D eigenvalue weighted by molar-refractivity contribution is 5.78.